The van der Waals surface area contributed by atoms with Crippen LogP contribution < -0.4 is 5.32 Å². The third kappa shape index (κ3) is 22.6. The Morgan fingerprint density at radius 2 is 1.19 bits per heavy atom. The van der Waals surface area contributed by atoms with E-state index in [0.717, 1.165) is 6.42 Å². The number of hydrogen-bond acceptors (Lipinski definition) is 2. The molecule has 4 nitrogen and oxygen atoms in total. The molecule has 1 aromatic carbocycles. The van der Waals surface area contributed by atoms with Gasteiger partial charge in [-0.2, -0.15) is 0 Å². The molecule has 2 N–H and O–H groups in total. The minimum atomic E-state index is -0.722. The van der Waals surface area contributed by atoms with E-state index < -0.39 is 11.4 Å². The molecule has 1 aromatic rings. The normalized spacial score (nSPS) is 9.24. The quantitative estimate of drug-likeness (QED) is 0.255. The number of carboxylic acid groups (broad SMARTS) is 1. The minimum absolute atomic E-state index is 0. The number of hydrogen-bond donors (Lipinski definition) is 2. The molecule has 0 saturated heterocycles. The summed E-state index contributed by atoms with van der Waals surface area (Å²) >= 11 is 0. The van der Waals surface area contributed by atoms with Crippen LogP contribution in [0, 0.1) is 106 Å². The maximum Gasteiger partial charge on any atom is 0.309 e. The van der Waals surface area contributed by atoms with E-state index >= 15 is 0 Å². The summed E-state index contributed by atoms with van der Waals surface area (Å²) in [6.45, 7) is 15.2. The van der Waals surface area contributed by atoms with Crippen LogP contribution in [-0.4, -0.2) is 17.0 Å². The monoisotopic (exact) mass is 592 g/mol. The number of aliphatic carboxylic acids is 1. The van der Waals surface area contributed by atoms with Gasteiger partial charge in [0.05, 0.1) is 5.41 Å². The molecule has 1 amide bonds. The lowest BCUT2D eigenvalue weighted by Crippen LogP contribution is -2.24. The molecule has 42 heavy (non-hydrogen) atoms. The highest BCUT2D eigenvalue weighted by atomic mass is 16.4. The molecule has 2 unspecified atom stereocenters. The second kappa shape index (κ2) is 25.9. The molecule has 0 heterocycles. The van der Waals surface area contributed by atoms with E-state index in [1.807, 2.05) is 20.8 Å². The first-order valence-corrected chi connectivity index (χ1v) is 13.6. The molecule has 0 aliphatic carbocycles. The highest BCUT2D eigenvalue weighted by Crippen LogP contribution is 2.18. The van der Waals surface area contributed by atoms with Crippen LogP contribution in [0.5, 0.6) is 0 Å². The number of carbonyl (C=O) groups is 2. The van der Waals surface area contributed by atoms with E-state index in [2.05, 4.69) is 144 Å². The summed E-state index contributed by atoms with van der Waals surface area (Å²) in [5.74, 6) is 37.5. The molecule has 2 atom stereocenters. The molecular formula is C38H73NO3. The van der Waals surface area contributed by atoms with E-state index in [4.69, 9.17) is 5.11 Å². The van der Waals surface area contributed by atoms with Gasteiger partial charge in [-0.25, -0.2) is 0 Å². The molecule has 0 fully saturated rings. The number of carbonyl (C=O) groups excluding carboxylic acids is 1. The molecule has 4 heteroatoms. The van der Waals surface area contributed by atoms with E-state index in [1.165, 1.54) is 12.0 Å². The molecule has 248 valence electrons. The van der Waals surface area contributed by atoms with E-state index in [0.29, 0.717) is 12.3 Å². The van der Waals surface area contributed by atoms with Crippen molar-refractivity contribution < 1.29 is 38.9 Å². The summed E-state index contributed by atoms with van der Waals surface area (Å²) in [5.41, 5.74) is 0.907. The zero-order valence-corrected chi connectivity index (χ0v) is 25.9. The summed E-state index contributed by atoms with van der Waals surface area (Å²) in [4.78, 5) is 21.6. The second-order valence-corrected chi connectivity index (χ2v) is 9.19. The van der Waals surface area contributed by atoms with Gasteiger partial charge in [-0.1, -0.05) is 70.9 Å². The second-order valence-electron chi connectivity index (χ2n) is 9.19. The molecule has 1 rings (SSSR count). The number of nitrogens with one attached hydrogen (secondary N) is 1. The van der Waals surface area contributed by atoms with Gasteiger partial charge < -0.3 is 5.11 Å². The number of carboxylic acids is 1. The molecule has 0 spiro atoms. The van der Waals surface area contributed by atoms with Gasteiger partial charge in [-0.15, -0.1) is 0 Å². The summed E-state index contributed by atoms with van der Waals surface area (Å²) in [7, 11) is 0. The molecule has 0 aliphatic rings. The van der Waals surface area contributed by atoms with Gasteiger partial charge in [-0.05, 0) is 93.0 Å². The fourth-order valence-electron chi connectivity index (χ4n) is 2.04. The van der Waals surface area contributed by atoms with Gasteiger partial charge in [0.15, 0.2) is 0 Å². The number of rotatable bonds is 6. The Morgan fingerprint density at radius 3 is 1.52 bits per heavy atom. The Bertz CT molecular complexity index is 1560. The third-order valence-corrected chi connectivity index (χ3v) is 5.69. The SMILES string of the molecule is CC#CC#CC#CC#CC#CC#CC#CC#CNC(=O)C(C)CC.CCC(C)(C)C(=O)O.CCC(C)c1ccccc1.[HH].[HH].[HH].[HH].[HH].[HH].[HH].[HH].[HH].[HH].[HH].[HH].[HH].[HH].[HH].[HH].[HH]. The summed E-state index contributed by atoms with van der Waals surface area (Å²) in [6, 6.07) is 13.1. The Morgan fingerprint density at radius 1 is 0.762 bits per heavy atom. The zero-order valence-electron chi connectivity index (χ0n) is 25.9. The first kappa shape index (κ1) is 38.8. The lowest BCUT2D eigenvalue weighted by Gasteiger charge is -2.14. The third-order valence-electron chi connectivity index (χ3n) is 5.69. The fraction of sp³-hybridized carbons (Fsp3) is 0.368. The van der Waals surface area contributed by atoms with E-state index in [1.54, 1.807) is 20.8 Å². The summed E-state index contributed by atoms with van der Waals surface area (Å²) in [6.07, 6.45) is 2.67. The Hall–Kier alpha value is -5.36. The standard InChI is InChI=1S/C22H13NO.C10H14.C6H12O2.17H2/c1-4-6-7-8-9-10-11-12-13-14-15-16-17-18-19-20-23-22(24)21(3)5-2;1-3-9(2)10-7-5-4-6-8-10;1-4-6(2,3)5(7)8;;;;;;;;;;;;;;;;;/h21H,5H2,1-3H3,(H,23,24);4-9H,3H2,1-2H3;4H2,1-3H3,(H,7,8);17*1H. The van der Waals surface area contributed by atoms with Crippen molar-refractivity contribution in [1.82, 2.24) is 5.32 Å². The summed E-state index contributed by atoms with van der Waals surface area (Å²) in [5, 5.41) is 10.9. The van der Waals surface area contributed by atoms with Gasteiger partial charge in [0.25, 0.3) is 0 Å². The topological polar surface area (TPSA) is 66.4 Å². The molecule has 0 aromatic heterocycles. The van der Waals surface area contributed by atoms with E-state index in [-0.39, 0.29) is 36.1 Å². The lowest BCUT2D eigenvalue weighted by molar-refractivity contribution is -0.147. The van der Waals surface area contributed by atoms with Gasteiger partial charge in [0.1, 0.15) is 0 Å². The Labute approximate surface area is 279 Å². The minimum Gasteiger partial charge on any atom is -0.481 e. The van der Waals surface area contributed by atoms with Gasteiger partial charge >= 0.3 is 5.97 Å². The first-order chi connectivity index (χ1) is 20.1. The van der Waals surface area contributed by atoms with Crippen molar-refractivity contribution in [2.24, 2.45) is 11.3 Å². The van der Waals surface area contributed by atoms with Gasteiger partial charge in [0, 0.05) is 77.7 Å². The van der Waals surface area contributed by atoms with Crippen molar-refractivity contribution >= 4 is 11.9 Å². The molecule has 0 radical (unpaired) electrons. The van der Waals surface area contributed by atoms with Crippen LogP contribution in [0.3, 0.4) is 0 Å². The van der Waals surface area contributed by atoms with Crippen LogP contribution in [-0.2, 0) is 9.59 Å². The molecule has 0 aliphatic heterocycles. The highest BCUT2D eigenvalue weighted by Gasteiger charge is 2.23. The zero-order chi connectivity index (χ0) is 32.1. The van der Waals surface area contributed by atoms with Crippen molar-refractivity contribution in [2.45, 2.75) is 80.6 Å². The van der Waals surface area contributed by atoms with Crippen LogP contribution in [0.4, 0.5) is 0 Å². The van der Waals surface area contributed by atoms with Gasteiger partial charge in [-0.3, -0.25) is 14.9 Å². The summed E-state index contributed by atoms with van der Waals surface area (Å²) < 4.78 is 0. The van der Waals surface area contributed by atoms with Crippen molar-refractivity contribution in [1.29, 1.82) is 0 Å². The highest BCUT2D eigenvalue weighted by molar-refractivity contribution is 5.80. The van der Waals surface area contributed by atoms with Crippen LogP contribution >= 0.6 is 0 Å². The Balaban J connectivity index is -0.0000000235. The van der Waals surface area contributed by atoms with E-state index in [9.17, 15) is 9.59 Å². The maximum absolute atomic E-state index is 11.4. The van der Waals surface area contributed by atoms with Crippen molar-refractivity contribution in [3.63, 3.8) is 0 Å². The molecule has 0 saturated carbocycles. The first-order valence-electron chi connectivity index (χ1n) is 13.6. The largest absolute Gasteiger partial charge is 0.481 e. The van der Waals surface area contributed by atoms with Crippen molar-refractivity contribution in [3.05, 3.63) is 35.9 Å². The number of amides is 1. The number of benzene rings is 1. The maximum atomic E-state index is 11.4. The smallest absolute Gasteiger partial charge is 0.309 e. The van der Waals surface area contributed by atoms with Crippen molar-refractivity contribution in [3.8, 4) is 94.9 Å². The van der Waals surface area contributed by atoms with Crippen LogP contribution in [0.25, 0.3) is 0 Å². The average molecular weight is 592 g/mol. The lowest BCUT2D eigenvalue weighted by atomic mass is 9.91. The van der Waals surface area contributed by atoms with Gasteiger partial charge in [0.2, 0.25) is 5.91 Å². The molecule has 0 bridgehead atoms. The average Bonchev–Trinajstić information content (AvgIpc) is 3.00. The van der Waals surface area contributed by atoms with Crippen LogP contribution in [0.15, 0.2) is 30.3 Å². The van der Waals surface area contributed by atoms with Crippen molar-refractivity contribution in [2.75, 3.05) is 0 Å². The Kier molecular flexibility index (Phi) is 23.9. The predicted octanol–water partition coefficient (Wildman–Crippen LogP) is 10.0. The van der Waals surface area contributed by atoms with Crippen LogP contribution in [0.1, 0.15) is 110 Å². The van der Waals surface area contributed by atoms with Crippen LogP contribution in [0.2, 0.25) is 0 Å². The fourth-order valence-corrected chi connectivity index (χ4v) is 2.04. The predicted molar refractivity (Wildman–Crippen MR) is 208 cm³/mol. The molecular weight excluding hydrogens is 518 g/mol.